The van der Waals surface area contributed by atoms with E-state index < -0.39 is 11.9 Å². The van der Waals surface area contributed by atoms with Crippen molar-refractivity contribution in [2.75, 3.05) is 59.6 Å². The molecule has 1 saturated heterocycles. The standard InChI is InChI=1S/C16H25ClN2O2.C2H2O4/c1-14-4-3-5-15(17)16(14)21-13-12-20-11-10-19-8-6-18(2)7-9-19;3-1(4)2(5)6/h3-5H,6-13H2,1-2H3;(H,3,4)(H,5,6). The van der Waals surface area contributed by atoms with Gasteiger partial charge >= 0.3 is 11.9 Å². The van der Waals surface area contributed by atoms with Gasteiger partial charge in [0.15, 0.2) is 0 Å². The monoisotopic (exact) mass is 402 g/mol. The van der Waals surface area contributed by atoms with Crippen molar-refractivity contribution in [3.8, 4) is 5.75 Å². The molecule has 9 heteroatoms. The SMILES string of the molecule is Cc1cccc(Cl)c1OCCOCCN1CCN(C)CC1.O=C(O)C(=O)O. The molecular weight excluding hydrogens is 376 g/mol. The van der Waals surface area contributed by atoms with E-state index in [2.05, 4.69) is 16.8 Å². The second-order valence-electron chi connectivity index (χ2n) is 6.10. The summed E-state index contributed by atoms with van der Waals surface area (Å²) in [5, 5.41) is 15.4. The van der Waals surface area contributed by atoms with Crippen LogP contribution < -0.4 is 4.74 Å². The average molecular weight is 403 g/mol. The van der Waals surface area contributed by atoms with Crippen molar-refractivity contribution in [1.29, 1.82) is 0 Å². The number of aryl methyl sites for hydroxylation is 1. The second-order valence-corrected chi connectivity index (χ2v) is 6.51. The highest BCUT2D eigenvalue weighted by molar-refractivity contribution is 6.32. The Morgan fingerprint density at radius 1 is 1.07 bits per heavy atom. The summed E-state index contributed by atoms with van der Waals surface area (Å²) in [6, 6.07) is 5.77. The quantitative estimate of drug-likeness (QED) is 0.522. The Morgan fingerprint density at radius 3 is 2.26 bits per heavy atom. The summed E-state index contributed by atoms with van der Waals surface area (Å²) in [5.41, 5.74) is 1.06. The zero-order chi connectivity index (χ0) is 20.2. The molecule has 0 atom stereocenters. The smallest absolute Gasteiger partial charge is 0.414 e. The summed E-state index contributed by atoms with van der Waals surface area (Å²) in [6.45, 7) is 9.45. The zero-order valence-corrected chi connectivity index (χ0v) is 16.4. The van der Waals surface area contributed by atoms with Gasteiger partial charge in [-0.15, -0.1) is 0 Å². The van der Waals surface area contributed by atoms with Gasteiger partial charge in [-0.3, -0.25) is 4.90 Å². The number of carboxylic acid groups (broad SMARTS) is 2. The van der Waals surface area contributed by atoms with Gasteiger partial charge in [-0.25, -0.2) is 9.59 Å². The minimum atomic E-state index is -1.82. The Morgan fingerprint density at radius 2 is 1.70 bits per heavy atom. The second kappa shape index (κ2) is 12.5. The number of carboxylic acids is 2. The van der Waals surface area contributed by atoms with E-state index in [-0.39, 0.29) is 0 Å². The van der Waals surface area contributed by atoms with Crippen molar-refractivity contribution in [2.45, 2.75) is 6.92 Å². The number of hydrogen-bond acceptors (Lipinski definition) is 6. The molecule has 0 radical (unpaired) electrons. The largest absolute Gasteiger partial charge is 0.489 e. The number of rotatable bonds is 7. The summed E-state index contributed by atoms with van der Waals surface area (Å²) in [7, 11) is 2.17. The first-order chi connectivity index (χ1) is 12.8. The molecular formula is C18H27ClN2O6. The normalized spacial score (nSPS) is 14.9. The highest BCUT2D eigenvalue weighted by Crippen LogP contribution is 2.27. The van der Waals surface area contributed by atoms with Crippen molar-refractivity contribution in [2.24, 2.45) is 0 Å². The maximum absolute atomic E-state index is 9.10. The zero-order valence-electron chi connectivity index (χ0n) is 15.7. The van der Waals surface area contributed by atoms with Crippen LogP contribution in [0.1, 0.15) is 5.56 Å². The maximum atomic E-state index is 9.10. The van der Waals surface area contributed by atoms with Crippen LogP contribution in [0.25, 0.3) is 0 Å². The van der Waals surface area contributed by atoms with E-state index in [9.17, 15) is 0 Å². The Balaban J connectivity index is 0.000000527. The topological polar surface area (TPSA) is 99.5 Å². The van der Waals surface area contributed by atoms with Crippen LogP contribution in [0.2, 0.25) is 5.02 Å². The van der Waals surface area contributed by atoms with Gasteiger partial charge in [0.1, 0.15) is 12.4 Å². The van der Waals surface area contributed by atoms with Crippen LogP contribution in [0.5, 0.6) is 5.75 Å². The Bertz CT molecular complexity index is 573. The molecule has 1 aromatic rings. The van der Waals surface area contributed by atoms with Crippen LogP contribution in [0, 0.1) is 6.92 Å². The first kappa shape index (κ1) is 23.2. The minimum Gasteiger partial charge on any atom is -0.489 e. The van der Waals surface area contributed by atoms with Crippen molar-refractivity contribution in [3.63, 3.8) is 0 Å². The number of ether oxygens (including phenoxy) is 2. The van der Waals surface area contributed by atoms with Gasteiger partial charge in [-0.1, -0.05) is 23.7 Å². The van der Waals surface area contributed by atoms with Crippen molar-refractivity contribution in [3.05, 3.63) is 28.8 Å². The minimum absolute atomic E-state index is 0.535. The molecule has 2 rings (SSSR count). The highest BCUT2D eigenvalue weighted by Gasteiger charge is 2.12. The third-order valence-electron chi connectivity index (χ3n) is 3.97. The molecule has 0 unspecified atom stereocenters. The van der Waals surface area contributed by atoms with Crippen LogP contribution in [0.3, 0.4) is 0 Å². The molecule has 2 N–H and O–H groups in total. The first-order valence-corrected chi connectivity index (χ1v) is 9.01. The highest BCUT2D eigenvalue weighted by atomic mass is 35.5. The van der Waals surface area contributed by atoms with E-state index in [1.54, 1.807) is 0 Å². The predicted octanol–water partition coefficient (Wildman–Crippen LogP) is 1.45. The molecule has 1 heterocycles. The fourth-order valence-electron chi connectivity index (χ4n) is 2.37. The van der Waals surface area contributed by atoms with E-state index in [1.165, 1.54) is 0 Å². The number of piperazine rings is 1. The van der Waals surface area contributed by atoms with E-state index in [1.807, 2.05) is 25.1 Å². The first-order valence-electron chi connectivity index (χ1n) is 8.64. The van der Waals surface area contributed by atoms with E-state index >= 15 is 0 Å². The molecule has 0 amide bonds. The van der Waals surface area contributed by atoms with Crippen LogP contribution in [0.4, 0.5) is 0 Å². The lowest BCUT2D eigenvalue weighted by atomic mass is 10.2. The van der Waals surface area contributed by atoms with Gasteiger partial charge < -0.3 is 24.6 Å². The number of benzene rings is 1. The lowest BCUT2D eigenvalue weighted by Crippen LogP contribution is -2.45. The summed E-state index contributed by atoms with van der Waals surface area (Å²) in [4.78, 5) is 23.0. The number of hydrogen-bond donors (Lipinski definition) is 2. The molecule has 1 aliphatic heterocycles. The number of carbonyl (C=O) groups is 2. The number of halogens is 1. The van der Waals surface area contributed by atoms with Gasteiger partial charge in [0.05, 0.1) is 18.2 Å². The number of nitrogens with zero attached hydrogens (tertiary/aromatic N) is 2. The predicted molar refractivity (Wildman–Crippen MR) is 102 cm³/mol. The van der Waals surface area contributed by atoms with Gasteiger partial charge in [0.25, 0.3) is 0 Å². The van der Waals surface area contributed by atoms with Crippen molar-refractivity contribution >= 4 is 23.5 Å². The molecule has 27 heavy (non-hydrogen) atoms. The molecule has 0 aliphatic carbocycles. The van der Waals surface area contributed by atoms with Crippen molar-refractivity contribution in [1.82, 2.24) is 9.80 Å². The molecule has 1 fully saturated rings. The lowest BCUT2D eigenvalue weighted by Gasteiger charge is -2.32. The third-order valence-corrected chi connectivity index (χ3v) is 4.27. The van der Waals surface area contributed by atoms with E-state index in [4.69, 9.17) is 40.9 Å². The number of aliphatic carboxylic acids is 2. The summed E-state index contributed by atoms with van der Waals surface area (Å²) in [6.07, 6.45) is 0. The Hall–Kier alpha value is -1.87. The van der Waals surface area contributed by atoms with Crippen LogP contribution in [-0.4, -0.2) is 91.5 Å². The van der Waals surface area contributed by atoms with Crippen LogP contribution >= 0.6 is 11.6 Å². The van der Waals surface area contributed by atoms with Gasteiger partial charge in [-0.2, -0.15) is 0 Å². The van der Waals surface area contributed by atoms with Gasteiger partial charge in [0, 0.05) is 32.7 Å². The number of para-hydroxylation sites is 1. The van der Waals surface area contributed by atoms with Gasteiger partial charge in [0.2, 0.25) is 0 Å². The fourth-order valence-corrected chi connectivity index (χ4v) is 2.65. The average Bonchev–Trinajstić information content (AvgIpc) is 2.62. The fraction of sp³-hybridized carbons (Fsp3) is 0.556. The number of likely N-dealkylation sites (N-methyl/N-ethyl adjacent to an activating group) is 1. The molecule has 0 spiro atoms. The van der Waals surface area contributed by atoms with Gasteiger partial charge in [-0.05, 0) is 25.6 Å². The summed E-state index contributed by atoms with van der Waals surface area (Å²) >= 11 is 6.11. The molecule has 1 aromatic carbocycles. The van der Waals surface area contributed by atoms with Crippen LogP contribution in [-0.2, 0) is 14.3 Å². The summed E-state index contributed by atoms with van der Waals surface area (Å²) in [5.74, 6) is -2.88. The maximum Gasteiger partial charge on any atom is 0.414 e. The van der Waals surface area contributed by atoms with E-state index in [0.717, 1.165) is 50.6 Å². The third kappa shape index (κ3) is 9.58. The molecule has 0 bridgehead atoms. The Labute approximate surface area is 164 Å². The molecule has 152 valence electrons. The molecule has 0 saturated carbocycles. The lowest BCUT2D eigenvalue weighted by molar-refractivity contribution is -0.159. The Kier molecular flexibility index (Phi) is 10.7. The molecule has 1 aliphatic rings. The van der Waals surface area contributed by atoms with Crippen molar-refractivity contribution < 1.29 is 29.3 Å². The molecule has 8 nitrogen and oxygen atoms in total. The van der Waals surface area contributed by atoms with E-state index in [0.29, 0.717) is 18.2 Å². The van der Waals surface area contributed by atoms with Crippen LogP contribution in [0.15, 0.2) is 18.2 Å². The summed E-state index contributed by atoms with van der Waals surface area (Å²) < 4.78 is 11.3. The molecule has 0 aromatic heterocycles.